The number of aliphatic hydroxyl groups is 2. The number of nitrogens with one attached hydrogen (secondary N) is 1. The van der Waals surface area contributed by atoms with Crippen LogP contribution in [-0.2, 0) is 0 Å². The van der Waals surface area contributed by atoms with Crippen LogP contribution in [0.3, 0.4) is 0 Å². The van der Waals surface area contributed by atoms with Crippen molar-refractivity contribution in [2.24, 2.45) is 16.7 Å². The van der Waals surface area contributed by atoms with E-state index in [4.69, 9.17) is 10.2 Å². The Hall–Kier alpha value is -0.120. The lowest BCUT2D eigenvalue weighted by Gasteiger charge is -2.25. The molecule has 0 heterocycles. The van der Waals surface area contributed by atoms with Crippen molar-refractivity contribution in [2.75, 3.05) is 26.3 Å². The topological polar surface area (TPSA) is 52.5 Å². The van der Waals surface area contributed by atoms with E-state index in [-0.39, 0.29) is 18.6 Å². The lowest BCUT2D eigenvalue weighted by atomic mass is 9.93. The van der Waals surface area contributed by atoms with Gasteiger partial charge in [0.25, 0.3) is 0 Å². The second-order valence-electron chi connectivity index (χ2n) is 5.65. The van der Waals surface area contributed by atoms with Crippen molar-refractivity contribution < 1.29 is 10.2 Å². The second kappa shape index (κ2) is 4.17. The minimum absolute atomic E-state index is 0.0323. The van der Waals surface area contributed by atoms with Gasteiger partial charge in [-0.15, -0.1) is 0 Å². The van der Waals surface area contributed by atoms with Crippen LogP contribution in [0.15, 0.2) is 0 Å². The molecule has 1 rings (SSSR count). The summed E-state index contributed by atoms with van der Waals surface area (Å²) in [5, 5.41) is 21.5. The summed E-state index contributed by atoms with van der Waals surface area (Å²) < 4.78 is 0. The molecule has 0 aromatic heterocycles. The van der Waals surface area contributed by atoms with Crippen LogP contribution in [0, 0.1) is 16.7 Å². The lowest BCUT2D eigenvalue weighted by molar-refractivity contribution is 0.0695. The van der Waals surface area contributed by atoms with Crippen LogP contribution in [0.4, 0.5) is 0 Å². The summed E-state index contributed by atoms with van der Waals surface area (Å²) >= 11 is 0. The zero-order valence-electron chi connectivity index (χ0n) is 9.51. The predicted octanol–water partition coefficient (Wildman–Crippen LogP) is 0.613. The summed E-state index contributed by atoms with van der Waals surface area (Å²) in [6, 6.07) is 0. The summed E-state index contributed by atoms with van der Waals surface area (Å²) in [5.41, 5.74) is 0.126. The Morgan fingerprint density at radius 1 is 1.36 bits per heavy atom. The molecule has 1 aliphatic carbocycles. The number of hydrogen-bond acceptors (Lipinski definition) is 3. The highest BCUT2D eigenvalue weighted by Crippen LogP contribution is 2.50. The van der Waals surface area contributed by atoms with Gasteiger partial charge in [-0.05, 0) is 24.3 Å². The molecule has 0 radical (unpaired) electrons. The first kappa shape index (κ1) is 12.0. The van der Waals surface area contributed by atoms with Gasteiger partial charge in [-0.3, -0.25) is 0 Å². The van der Waals surface area contributed by atoms with Crippen molar-refractivity contribution in [2.45, 2.75) is 27.2 Å². The minimum atomic E-state index is -0.376. The van der Waals surface area contributed by atoms with Crippen molar-refractivity contribution in [3.05, 3.63) is 0 Å². The zero-order chi connectivity index (χ0) is 10.8. The highest BCUT2D eigenvalue weighted by atomic mass is 16.3. The van der Waals surface area contributed by atoms with Crippen molar-refractivity contribution in [1.29, 1.82) is 0 Å². The first-order valence-electron chi connectivity index (χ1n) is 5.36. The Morgan fingerprint density at radius 2 is 1.86 bits per heavy atom. The highest BCUT2D eigenvalue weighted by Gasteiger charge is 2.44. The Kier molecular flexibility index (Phi) is 3.56. The molecule has 0 aromatic carbocycles. The van der Waals surface area contributed by atoms with E-state index in [0.29, 0.717) is 12.0 Å². The average Bonchev–Trinajstić information content (AvgIpc) is 2.74. The Bertz CT molecular complexity index is 188. The summed E-state index contributed by atoms with van der Waals surface area (Å²) in [6.45, 7) is 8.19. The van der Waals surface area contributed by atoms with Gasteiger partial charge >= 0.3 is 0 Å². The van der Waals surface area contributed by atoms with E-state index in [1.54, 1.807) is 0 Å². The third-order valence-electron chi connectivity index (χ3n) is 3.42. The van der Waals surface area contributed by atoms with Crippen molar-refractivity contribution >= 4 is 0 Å². The standard InChI is InChI=1S/C11H23NO2/c1-10(2)4-9(10)5-12-6-11(3,7-13)8-14/h9,12-14H,4-8H2,1-3H3. The summed E-state index contributed by atoms with van der Waals surface area (Å²) in [6.07, 6.45) is 1.29. The fourth-order valence-corrected chi connectivity index (χ4v) is 1.63. The summed E-state index contributed by atoms with van der Waals surface area (Å²) in [4.78, 5) is 0. The van der Waals surface area contributed by atoms with Crippen molar-refractivity contribution in [1.82, 2.24) is 5.32 Å². The fraction of sp³-hybridized carbons (Fsp3) is 1.00. The van der Waals surface area contributed by atoms with E-state index in [1.165, 1.54) is 6.42 Å². The van der Waals surface area contributed by atoms with E-state index < -0.39 is 0 Å². The van der Waals surface area contributed by atoms with Gasteiger partial charge in [0.1, 0.15) is 0 Å². The molecule has 1 unspecified atom stereocenters. The quantitative estimate of drug-likeness (QED) is 0.590. The molecule has 1 fully saturated rings. The maximum absolute atomic E-state index is 9.07. The molecule has 0 bridgehead atoms. The minimum Gasteiger partial charge on any atom is -0.396 e. The van der Waals surface area contributed by atoms with Crippen LogP contribution < -0.4 is 5.32 Å². The van der Waals surface area contributed by atoms with Crippen molar-refractivity contribution in [3.63, 3.8) is 0 Å². The maximum Gasteiger partial charge on any atom is 0.0518 e. The summed E-state index contributed by atoms with van der Waals surface area (Å²) in [5.74, 6) is 0.768. The molecule has 14 heavy (non-hydrogen) atoms. The molecule has 0 aliphatic heterocycles. The predicted molar refractivity (Wildman–Crippen MR) is 57.0 cm³/mol. The molecular formula is C11H23NO2. The lowest BCUT2D eigenvalue weighted by Crippen LogP contribution is -2.38. The molecule has 0 amide bonds. The first-order chi connectivity index (χ1) is 6.43. The smallest absolute Gasteiger partial charge is 0.0518 e. The van der Waals surface area contributed by atoms with Crippen LogP contribution in [0.5, 0.6) is 0 Å². The molecule has 3 nitrogen and oxygen atoms in total. The van der Waals surface area contributed by atoms with Gasteiger partial charge in [-0.2, -0.15) is 0 Å². The van der Waals surface area contributed by atoms with E-state index >= 15 is 0 Å². The van der Waals surface area contributed by atoms with Gasteiger partial charge in [-0.1, -0.05) is 20.8 Å². The third-order valence-corrected chi connectivity index (χ3v) is 3.42. The van der Waals surface area contributed by atoms with Gasteiger partial charge in [0.05, 0.1) is 13.2 Å². The number of rotatable bonds is 6. The van der Waals surface area contributed by atoms with E-state index in [2.05, 4.69) is 19.2 Å². The zero-order valence-corrected chi connectivity index (χ0v) is 9.51. The van der Waals surface area contributed by atoms with Crippen molar-refractivity contribution in [3.8, 4) is 0 Å². The normalized spacial score (nSPS) is 25.1. The molecular weight excluding hydrogens is 178 g/mol. The number of aliphatic hydroxyl groups excluding tert-OH is 2. The molecule has 0 aromatic rings. The van der Waals surface area contributed by atoms with Gasteiger partial charge < -0.3 is 15.5 Å². The van der Waals surface area contributed by atoms with E-state index in [9.17, 15) is 0 Å². The number of hydrogen-bond donors (Lipinski definition) is 3. The molecule has 84 valence electrons. The van der Waals surface area contributed by atoms with Crippen LogP contribution >= 0.6 is 0 Å². The molecule has 1 saturated carbocycles. The second-order valence-corrected chi connectivity index (χ2v) is 5.65. The summed E-state index contributed by atoms with van der Waals surface area (Å²) in [7, 11) is 0. The Labute approximate surface area is 86.5 Å². The van der Waals surface area contributed by atoms with Crippen LogP contribution in [0.2, 0.25) is 0 Å². The van der Waals surface area contributed by atoms with Crippen LogP contribution in [0.1, 0.15) is 27.2 Å². The van der Waals surface area contributed by atoms with Gasteiger partial charge in [-0.25, -0.2) is 0 Å². The van der Waals surface area contributed by atoms with Crippen LogP contribution in [-0.4, -0.2) is 36.5 Å². The molecule has 3 N–H and O–H groups in total. The largest absolute Gasteiger partial charge is 0.396 e. The van der Waals surface area contributed by atoms with Crippen LogP contribution in [0.25, 0.3) is 0 Å². The SMILES string of the molecule is CC(CO)(CO)CNCC1CC1(C)C. The van der Waals surface area contributed by atoms with Gasteiger partial charge in [0.15, 0.2) is 0 Å². The molecule has 0 spiro atoms. The maximum atomic E-state index is 9.07. The highest BCUT2D eigenvalue weighted by molar-refractivity contribution is 4.96. The van der Waals surface area contributed by atoms with Gasteiger partial charge in [0, 0.05) is 12.0 Å². The molecule has 1 atom stereocenters. The van der Waals surface area contributed by atoms with E-state index in [0.717, 1.165) is 12.5 Å². The average molecular weight is 201 g/mol. The molecule has 0 saturated heterocycles. The Morgan fingerprint density at radius 3 is 2.21 bits per heavy atom. The van der Waals surface area contributed by atoms with Gasteiger partial charge in [0.2, 0.25) is 0 Å². The monoisotopic (exact) mass is 201 g/mol. The third kappa shape index (κ3) is 2.94. The molecule has 3 heteroatoms. The molecule has 1 aliphatic rings. The van der Waals surface area contributed by atoms with E-state index in [1.807, 2.05) is 6.92 Å². The fourth-order valence-electron chi connectivity index (χ4n) is 1.63. The Balaban J connectivity index is 2.15. The first-order valence-corrected chi connectivity index (χ1v) is 5.36.